The maximum atomic E-state index is 12.4. The van der Waals surface area contributed by atoms with Gasteiger partial charge in [-0.3, -0.25) is 0 Å². The summed E-state index contributed by atoms with van der Waals surface area (Å²) in [5, 5.41) is 9.58. The zero-order valence-corrected chi connectivity index (χ0v) is 12.2. The average molecular weight is 280 g/mol. The minimum Gasteiger partial charge on any atom is -0.435 e. The molecule has 0 bridgehead atoms. The van der Waals surface area contributed by atoms with E-state index in [0.29, 0.717) is 12.3 Å². The topological polar surface area (TPSA) is 63.6 Å². The fraction of sp³-hybridized carbons (Fsp3) is 0.600. The summed E-state index contributed by atoms with van der Waals surface area (Å²) in [7, 11) is 0. The van der Waals surface area contributed by atoms with Gasteiger partial charge in [-0.2, -0.15) is 9.59 Å². The molecule has 110 valence electrons. The number of allylic oxidation sites excluding steroid dienone is 3. The van der Waals surface area contributed by atoms with Gasteiger partial charge < -0.3 is 9.84 Å². The lowest BCUT2D eigenvalue weighted by molar-refractivity contribution is -0.796. The van der Waals surface area contributed by atoms with Crippen LogP contribution in [0.25, 0.3) is 0 Å². The highest BCUT2D eigenvalue weighted by atomic mass is 16.6. The number of nitrogens with zero attached hydrogens (tertiary/aromatic N) is 1. The molecule has 3 unspecified atom stereocenters. The number of carboxylic acid groups (broad SMARTS) is 1. The van der Waals surface area contributed by atoms with E-state index in [0.717, 1.165) is 0 Å². The fourth-order valence-electron chi connectivity index (χ4n) is 2.79. The number of hydrogen-bond acceptors (Lipinski definition) is 3. The van der Waals surface area contributed by atoms with Crippen molar-refractivity contribution in [1.82, 2.24) is 0 Å². The van der Waals surface area contributed by atoms with Crippen molar-refractivity contribution in [3.05, 3.63) is 24.3 Å². The van der Waals surface area contributed by atoms with E-state index < -0.39 is 22.3 Å². The third-order valence-electron chi connectivity index (χ3n) is 3.85. The Labute approximate surface area is 119 Å². The smallest absolute Gasteiger partial charge is 0.435 e. The molecule has 1 aliphatic heterocycles. The molecule has 2 amide bonds. The number of imide groups is 1. The summed E-state index contributed by atoms with van der Waals surface area (Å²) in [6, 6.07) is 0. The van der Waals surface area contributed by atoms with Crippen LogP contribution < -0.4 is 0 Å². The Bertz CT molecular complexity index is 475. The van der Waals surface area contributed by atoms with E-state index in [1.807, 2.05) is 18.2 Å². The number of piperidine rings is 1. The van der Waals surface area contributed by atoms with E-state index in [9.17, 15) is 14.7 Å². The molecule has 1 saturated heterocycles. The van der Waals surface area contributed by atoms with Crippen LogP contribution in [0.3, 0.4) is 0 Å². The molecule has 0 saturated carbocycles. The summed E-state index contributed by atoms with van der Waals surface area (Å²) < 4.78 is 4.70. The molecule has 1 heterocycles. The summed E-state index contributed by atoms with van der Waals surface area (Å²) in [5.41, 5.74) is -0.684. The van der Waals surface area contributed by atoms with Crippen LogP contribution in [0.5, 0.6) is 0 Å². The number of hydrogen-bond donors (Lipinski definition) is 1. The molecule has 0 aromatic heterocycles. The van der Waals surface area contributed by atoms with Crippen molar-refractivity contribution in [3.63, 3.8) is 0 Å². The van der Waals surface area contributed by atoms with Gasteiger partial charge in [0.25, 0.3) is 0 Å². The van der Waals surface area contributed by atoms with Crippen LogP contribution in [-0.2, 0) is 4.74 Å². The van der Waals surface area contributed by atoms with Crippen molar-refractivity contribution in [2.45, 2.75) is 32.8 Å². The Balaban J connectivity index is 2.23. The number of quaternary nitrogens is 1. The Hall–Kier alpha value is -1.62. The zero-order valence-electron chi connectivity index (χ0n) is 12.2. The van der Waals surface area contributed by atoms with Gasteiger partial charge in [0, 0.05) is 12.3 Å². The average Bonchev–Trinajstić information content (AvgIpc) is 2.35. The Morgan fingerprint density at radius 3 is 2.35 bits per heavy atom. The van der Waals surface area contributed by atoms with Crippen LogP contribution in [-0.4, -0.2) is 40.5 Å². The van der Waals surface area contributed by atoms with E-state index in [4.69, 9.17) is 4.74 Å². The second kappa shape index (κ2) is 5.05. The van der Waals surface area contributed by atoms with Crippen LogP contribution in [0, 0.1) is 11.8 Å². The normalized spacial score (nSPS) is 32.5. The highest BCUT2D eigenvalue weighted by Crippen LogP contribution is 2.34. The number of ether oxygens (including phenoxy) is 1. The minimum atomic E-state index is -1.12. The van der Waals surface area contributed by atoms with Crippen LogP contribution in [0.4, 0.5) is 9.59 Å². The minimum absolute atomic E-state index is 0.0809. The summed E-state index contributed by atoms with van der Waals surface area (Å²) in [6.45, 7) is 5.79. The molecular formula is C15H22NO4+. The van der Waals surface area contributed by atoms with Crippen LogP contribution in [0.1, 0.15) is 27.2 Å². The van der Waals surface area contributed by atoms with Gasteiger partial charge in [-0.05, 0) is 26.7 Å². The Morgan fingerprint density at radius 1 is 1.20 bits per heavy atom. The van der Waals surface area contributed by atoms with Gasteiger partial charge >= 0.3 is 12.2 Å². The highest BCUT2D eigenvalue weighted by molar-refractivity contribution is 5.75. The van der Waals surface area contributed by atoms with Crippen LogP contribution in [0.15, 0.2) is 24.3 Å². The predicted molar refractivity (Wildman–Crippen MR) is 74.1 cm³/mol. The van der Waals surface area contributed by atoms with E-state index in [1.54, 1.807) is 20.8 Å². The molecule has 1 N–H and O–H groups in total. The Kier molecular flexibility index (Phi) is 3.73. The summed E-state index contributed by atoms with van der Waals surface area (Å²) in [5.74, 6) is 0.408. The maximum absolute atomic E-state index is 12.4. The summed E-state index contributed by atoms with van der Waals surface area (Å²) in [6.07, 6.45) is 6.87. The molecule has 0 aromatic rings. The van der Waals surface area contributed by atoms with Gasteiger partial charge in [-0.1, -0.05) is 24.3 Å². The van der Waals surface area contributed by atoms with E-state index >= 15 is 0 Å². The lowest BCUT2D eigenvalue weighted by atomic mass is 9.82. The van der Waals surface area contributed by atoms with Crippen molar-refractivity contribution >= 4 is 12.2 Å². The van der Waals surface area contributed by atoms with Gasteiger partial charge in [0.05, 0.1) is 0 Å². The number of carbonyl (C=O) groups is 2. The monoisotopic (exact) mass is 280 g/mol. The van der Waals surface area contributed by atoms with Gasteiger partial charge in [0.2, 0.25) is 0 Å². The molecule has 3 atom stereocenters. The van der Waals surface area contributed by atoms with Gasteiger partial charge in [-0.25, -0.2) is 0 Å². The molecule has 0 spiro atoms. The van der Waals surface area contributed by atoms with E-state index in [2.05, 4.69) is 6.08 Å². The third kappa shape index (κ3) is 2.77. The lowest BCUT2D eigenvalue weighted by Gasteiger charge is -2.40. The summed E-state index contributed by atoms with van der Waals surface area (Å²) in [4.78, 5) is 24.1. The first-order valence-corrected chi connectivity index (χ1v) is 6.94. The number of carbonyl (C=O) groups excluding carboxylic acids is 1. The van der Waals surface area contributed by atoms with Crippen molar-refractivity contribution in [3.8, 4) is 0 Å². The number of likely N-dealkylation sites (tertiary alicyclic amines) is 1. The first-order chi connectivity index (χ1) is 9.24. The van der Waals surface area contributed by atoms with Crippen molar-refractivity contribution in [2.75, 3.05) is 13.1 Å². The summed E-state index contributed by atoms with van der Waals surface area (Å²) >= 11 is 0. The molecular weight excluding hydrogens is 258 g/mol. The third-order valence-corrected chi connectivity index (χ3v) is 3.85. The quantitative estimate of drug-likeness (QED) is 0.692. The molecule has 0 aromatic carbocycles. The molecule has 2 aliphatic rings. The molecule has 2 rings (SSSR count). The standard InChI is InChI=1S/C15H21NO4/c1-15(2,3)20-14(19)16(13(17)18)9-8-11-6-4-5-7-12(11)10-16/h4-7,11-12H,8-10H2,1-3H3/p+1. The zero-order chi connectivity index (χ0) is 15.0. The van der Waals surface area contributed by atoms with E-state index in [-0.39, 0.29) is 19.0 Å². The molecule has 5 heteroatoms. The first kappa shape index (κ1) is 14.8. The van der Waals surface area contributed by atoms with Gasteiger partial charge in [-0.15, -0.1) is 4.48 Å². The van der Waals surface area contributed by atoms with Gasteiger partial charge in [0.1, 0.15) is 18.7 Å². The van der Waals surface area contributed by atoms with Crippen molar-refractivity contribution in [2.24, 2.45) is 11.8 Å². The maximum Gasteiger partial charge on any atom is 0.527 e. The number of rotatable bonds is 0. The van der Waals surface area contributed by atoms with Crippen molar-refractivity contribution in [1.29, 1.82) is 0 Å². The molecule has 1 aliphatic carbocycles. The van der Waals surface area contributed by atoms with Crippen molar-refractivity contribution < 1.29 is 23.9 Å². The number of fused-ring (bicyclic) bond motifs is 1. The second-order valence-electron chi connectivity index (χ2n) is 6.52. The molecule has 1 fully saturated rings. The first-order valence-electron chi connectivity index (χ1n) is 6.94. The van der Waals surface area contributed by atoms with Crippen LogP contribution in [0.2, 0.25) is 0 Å². The highest BCUT2D eigenvalue weighted by Gasteiger charge is 2.53. The molecule has 20 heavy (non-hydrogen) atoms. The predicted octanol–water partition coefficient (Wildman–Crippen LogP) is 3.18. The molecule has 5 nitrogen and oxygen atoms in total. The fourth-order valence-corrected chi connectivity index (χ4v) is 2.79. The molecule has 0 radical (unpaired) electrons. The largest absolute Gasteiger partial charge is 0.527 e. The van der Waals surface area contributed by atoms with Gasteiger partial charge in [0.15, 0.2) is 0 Å². The lowest BCUT2D eigenvalue weighted by Crippen LogP contribution is -2.63. The SMILES string of the molecule is CC(C)(C)OC(=O)[N+]1(C(=O)O)CCC2C=CC=CC2C1. The second-order valence-corrected chi connectivity index (χ2v) is 6.52. The van der Waals surface area contributed by atoms with E-state index in [1.165, 1.54) is 0 Å². The number of amides is 2. The van der Waals surface area contributed by atoms with Crippen LogP contribution >= 0.6 is 0 Å². The Morgan fingerprint density at radius 2 is 1.80 bits per heavy atom.